The molecule has 4 saturated heterocycles. The van der Waals surface area contributed by atoms with Crippen LogP contribution in [0, 0.1) is 0 Å². The summed E-state index contributed by atoms with van der Waals surface area (Å²) in [5.74, 6) is 0.701. The van der Waals surface area contributed by atoms with Crippen molar-refractivity contribution >= 4 is 94.8 Å². The van der Waals surface area contributed by atoms with Crippen LogP contribution in [0.1, 0.15) is 66.9 Å². The number of nitrogens with zero attached hydrogens (tertiary/aromatic N) is 10. The Bertz CT molecular complexity index is 3010. The number of ether oxygens (including phenoxy) is 1. The first-order valence-corrected chi connectivity index (χ1v) is 26.7. The van der Waals surface area contributed by atoms with E-state index in [1.165, 1.54) is 24.1 Å². The van der Waals surface area contributed by atoms with Crippen LogP contribution in [0.15, 0.2) is 65.5 Å². The van der Waals surface area contributed by atoms with Crippen molar-refractivity contribution in [3.8, 4) is 5.75 Å². The Balaban J connectivity index is 0.688. The van der Waals surface area contributed by atoms with Crippen molar-refractivity contribution in [2.45, 2.75) is 76.5 Å². The Hall–Kier alpha value is -5.96. The van der Waals surface area contributed by atoms with Gasteiger partial charge < -0.3 is 24.3 Å². The van der Waals surface area contributed by atoms with Crippen molar-refractivity contribution in [2.75, 3.05) is 85.6 Å². The van der Waals surface area contributed by atoms with Gasteiger partial charge in [0.25, 0.3) is 5.91 Å². The summed E-state index contributed by atoms with van der Waals surface area (Å²) in [5.41, 5.74) is 8.56. The van der Waals surface area contributed by atoms with Crippen LogP contribution in [0.2, 0.25) is 0 Å². The zero-order valence-electron chi connectivity index (χ0n) is 39.1. The van der Waals surface area contributed by atoms with Crippen LogP contribution >= 0.6 is 15.9 Å². The summed E-state index contributed by atoms with van der Waals surface area (Å²) < 4.78 is 25.6. The number of rotatable bonds is 10. The van der Waals surface area contributed by atoms with E-state index in [1.807, 2.05) is 24.3 Å². The fourth-order valence-corrected chi connectivity index (χ4v) is 13.5. The first-order chi connectivity index (χ1) is 33.5. The largest absolute Gasteiger partial charge is 0.494 e. The van der Waals surface area contributed by atoms with Crippen molar-refractivity contribution in [3.63, 3.8) is 0 Å². The molecule has 6 aliphatic rings. The minimum atomic E-state index is -2.82. The van der Waals surface area contributed by atoms with E-state index in [-0.39, 0.29) is 24.1 Å². The average Bonchev–Trinajstić information content (AvgIpc) is 3.85. The second-order valence-corrected chi connectivity index (χ2v) is 21.9. The summed E-state index contributed by atoms with van der Waals surface area (Å²) in [6.45, 7) is 10.7. The van der Waals surface area contributed by atoms with Crippen LogP contribution < -0.4 is 33.8 Å². The highest BCUT2D eigenvalue weighted by Gasteiger charge is 2.40. The topological polar surface area (TPSA) is 184 Å². The van der Waals surface area contributed by atoms with Crippen LogP contribution in [-0.4, -0.2) is 140 Å². The van der Waals surface area contributed by atoms with E-state index in [9.17, 15) is 18.6 Å². The zero-order valence-corrected chi connectivity index (χ0v) is 41.5. The van der Waals surface area contributed by atoms with E-state index in [1.54, 1.807) is 40.8 Å². The van der Waals surface area contributed by atoms with Gasteiger partial charge in [-0.25, -0.2) is 4.21 Å². The number of likely N-dealkylation sites (tertiary alicyclic amines) is 1. The number of carbonyl (C=O) groups is 3. The third-order valence-electron chi connectivity index (χ3n) is 14.9. The molecule has 3 amide bonds. The van der Waals surface area contributed by atoms with Crippen molar-refractivity contribution < 1.29 is 23.3 Å². The molecule has 2 aromatic heterocycles. The Morgan fingerprint density at radius 2 is 1.61 bits per heavy atom. The van der Waals surface area contributed by atoms with Crippen LogP contribution in [0.5, 0.6) is 5.75 Å². The van der Waals surface area contributed by atoms with Gasteiger partial charge in [0, 0.05) is 105 Å². The van der Waals surface area contributed by atoms with Gasteiger partial charge in [-0.05, 0) is 115 Å². The fourth-order valence-electron chi connectivity index (χ4n) is 11.3. The van der Waals surface area contributed by atoms with E-state index < -0.39 is 16.0 Å². The van der Waals surface area contributed by atoms with E-state index in [2.05, 4.69) is 91.0 Å². The van der Waals surface area contributed by atoms with Crippen molar-refractivity contribution in [1.29, 1.82) is 0 Å². The number of aromatic nitrogens is 4. The molecule has 2 atom stereocenters. The third kappa shape index (κ3) is 8.52. The number of carbonyl (C=O) groups excluding carboxylic acids is 3. The summed E-state index contributed by atoms with van der Waals surface area (Å²) in [4.78, 5) is 67.9. The number of methoxy groups -OCH3 is 1. The van der Waals surface area contributed by atoms with Crippen molar-refractivity contribution in [1.82, 2.24) is 43.9 Å². The molecule has 8 heterocycles. The lowest BCUT2D eigenvalue weighted by Gasteiger charge is -2.46. The van der Waals surface area contributed by atoms with Crippen molar-refractivity contribution in [2.24, 2.45) is 0 Å². The standard InChI is InChI=1S/C49H56BrN13O5S/c1-4-30-26-38(54-49-53-28-36(50)46(56-49)63-39-8-7-37-44(52-16-15-51-37)45(39)57-69(63,3)67)42(68-2)27-41(30)61-19-13-32(14-20-61)58-17-11-33(12-18-58)59-21-23-60(24-22-59)34-5-6-35-31(25-34)29-62(48(35)66)40-9-10-43(64)55-47(40)65/h5-8,15-16,25-28,32-33,40H,4,9-14,17-24,29H2,1-3H3,(H2,53,54,55,56,64,65)/p+1/t40-,69?/m0/s1. The molecule has 0 saturated carbocycles. The molecule has 11 rings (SSSR count). The number of hydrogen-bond acceptors (Lipinski definition) is 14. The number of anilines is 5. The second kappa shape index (κ2) is 18.4. The molecule has 0 aliphatic carbocycles. The van der Waals surface area contributed by atoms with Gasteiger partial charge in [-0.2, -0.15) is 4.98 Å². The molecule has 6 aliphatic heterocycles. The molecular weight excluding hydrogens is 963 g/mol. The minimum absolute atomic E-state index is 0.131. The highest BCUT2D eigenvalue weighted by molar-refractivity contribution is 9.10. The Kier molecular flexibility index (Phi) is 12.1. The number of halogens is 1. The quantitative estimate of drug-likeness (QED) is 0.113. The molecule has 0 spiro atoms. The second-order valence-electron chi connectivity index (χ2n) is 18.9. The summed E-state index contributed by atoms with van der Waals surface area (Å²) in [5, 5.41) is 5.81. The van der Waals surface area contributed by atoms with Crippen LogP contribution in [0.4, 0.5) is 40.2 Å². The summed E-state index contributed by atoms with van der Waals surface area (Å²) in [7, 11) is -1.13. The molecular formula is C49H57BrN13O5S+. The van der Waals surface area contributed by atoms with E-state index in [0.717, 1.165) is 88.6 Å². The van der Waals surface area contributed by atoms with Crippen LogP contribution in [-0.2, 0) is 32.5 Å². The zero-order chi connectivity index (χ0) is 47.6. The summed E-state index contributed by atoms with van der Waals surface area (Å²) in [6, 6.07) is 14.7. The molecule has 18 nitrogen and oxygen atoms in total. The molecule has 69 heavy (non-hydrogen) atoms. The number of nitrogens with one attached hydrogen (secondary N) is 3. The molecule has 1 unspecified atom stereocenters. The number of amides is 3. The number of piperidine rings is 3. The molecule has 20 heteroatoms. The minimum Gasteiger partial charge on any atom is -0.494 e. The van der Waals surface area contributed by atoms with Gasteiger partial charge in [0.2, 0.25) is 11.8 Å². The first kappa shape index (κ1) is 45.5. The molecule has 4 fully saturated rings. The third-order valence-corrected chi connectivity index (χ3v) is 17.2. The van der Waals surface area contributed by atoms with Gasteiger partial charge in [-0.15, -0.1) is 3.95 Å². The SMILES string of the molecule is CCc1cc(Nc2ncc(Br)c([N+]3=S(C)(=O)Nc4c3ccc3nccnc43)n2)c(OC)cc1N1CCC(N2CCC(N3CCN(c4ccc5c(c4)CN([C@H]4CCC(=O)NC4=O)C5=O)CC3)CC2)CC1. The Morgan fingerprint density at radius 1 is 0.870 bits per heavy atom. The van der Waals surface area contributed by atoms with Gasteiger partial charge >= 0.3 is 11.8 Å². The summed E-state index contributed by atoms with van der Waals surface area (Å²) in [6.07, 6.45) is 12.6. The van der Waals surface area contributed by atoms with Gasteiger partial charge in [0.15, 0.2) is 15.6 Å². The van der Waals surface area contributed by atoms with Gasteiger partial charge in [0.1, 0.15) is 27.5 Å². The average molecular weight is 1020 g/mol. The lowest BCUT2D eigenvalue weighted by atomic mass is 9.95. The Labute approximate surface area is 410 Å². The Morgan fingerprint density at radius 3 is 2.35 bits per heavy atom. The van der Waals surface area contributed by atoms with Crippen LogP contribution in [0.3, 0.4) is 0 Å². The lowest BCUT2D eigenvalue weighted by Crippen LogP contribution is -2.55. The van der Waals surface area contributed by atoms with E-state index >= 15 is 0 Å². The van der Waals surface area contributed by atoms with Gasteiger partial charge in [-0.3, -0.25) is 44.6 Å². The number of hydrogen-bond donors (Lipinski definition) is 3. The number of aryl methyl sites for hydroxylation is 1. The van der Waals surface area contributed by atoms with E-state index in [4.69, 9.17) is 9.72 Å². The summed E-state index contributed by atoms with van der Waals surface area (Å²) >= 11 is 3.63. The number of fused-ring (bicyclic) bond motifs is 4. The molecule has 3 aromatic carbocycles. The number of piperazine rings is 1. The maximum atomic E-state index is 14.1. The van der Waals surface area contributed by atoms with Gasteiger partial charge in [0.05, 0.1) is 30.8 Å². The first-order valence-electron chi connectivity index (χ1n) is 24.0. The lowest BCUT2D eigenvalue weighted by molar-refractivity contribution is -0.136. The van der Waals surface area contributed by atoms with Crippen LogP contribution in [0.25, 0.3) is 11.0 Å². The number of imide groups is 1. The molecule has 5 aromatic rings. The highest BCUT2D eigenvalue weighted by atomic mass is 79.9. The monoisotopic (exact) mass is 1020 g/mol. The van der Waals surface area contributed by atoms with Crippen molar-refractivity contribution in [3.05, 3.63) is 82.2 Å². The molecule has 3 N–H and O–H groups in total. The van der Waals surface area contributed by atoms with Gasteiger partial charge in [-0.1, -0.05) is 6.92 Å². The molecule has 0 bridgehead atoms. The maximum absolute atomic E-state index is 14.1. The smallest absolute Gasteiger partial charge is 0.358 e. The maximum Gasteiger partial charge on any atom is 0.358 e. The fraction of sp³-hybridized carbons (Fsp3) is 0.449. The highest BCUT2D eigenvalue weighted by Crippen LogP contribution is 2.43. The predicted molar refractivity (Wildman–Crippen MR) is 270 cm³/mol. The predicted octanol–water partition coefficient (Wildman–Crippen LogP) is 5.79. The van der Waals surface area contributed by atoms with E-state index in [0.29, 0.717) is 75.0 Å². The molecule has 360 valence electrons. The normalized spacial score (nSPS) is 22.8. The molecule has 0 radical (unpaired) electrons. The number of benzene rings is 3.